The van der Waals surface area contributed by atoms with Crippen LogP contribution in [0.5, 0.6) is 0 Å². The molecule has 0 saturated carbocycles. The molecule has 0 rings (SSSR count). The van der Waals surface area contributed by atoms with Gasteiger partial charge in [0, 0.05) is 0 Å². The van der Waals surface area contributed by atoms with Crippen molar-refractivity contribution in [1.82, 2.24) is 5.09 Å². The molecule has 0 aliphatic carbocycles. The molecule has 1 atom stereocenters. The van der Waals surface area contributed by atoms with Gasteiger partial charge in [-0.1, -0.05) is 17.2 Å². The molecule has 4 heteroatoms. The summed E-state index contributed by atoms with van der Waals surface area (Å²) in [5.41, 5.74) is 0. The molecular weight excluding hydrogens is 149 g/mol. The van der Waals surface area contributed by atoms with Crippen LogP contribution in [0.1, 0.15) is 0 Å². The van der Waals surface area contributed by atoms with Crippen LogP contribution < -0.4 is 5.09 Å². The van der Waals surface area contributed by atoms with Crippen molar-refractivity contribution < 1.29 is 9.09 Å². The number of nitrogens with one attached hydrogen (secondary N) is 1. The Morgan fingerprint density at radius 1 is 1.50 bits per heavy atom. The van der Waals surface area contributed by atoms with Gasteiger partial charge in [-0.25, -0.2) is 0 Å². The van der Waals surface area contributed by atoms with E-state index in [0.717, 1.165) is 0 Å². The van der Waals surface area contributed by atoms with Crippen molar-refractivity contribution in [3.05, 3.63) is 25.3 Å². The molecule has 0 aliphatic heterocycles. The molecule has 1 N–H and O–H groups in total. The van der Waals surface area contributed by atoms with Gasteiger partial charge in [0.25, 0.3) is 0 Å². The van der Waals surface area contributed by atoms with Crippen LogP contribution >= 0.6 is 8.18 Å². The Morgan fingerprint density at radius 2 is 2.20 bits per heavy atom. The van der Waals surface area contributed by atoms with Crippen LogP contribution in [0.25, 0.3) is 0 Å². The van der Waals surface area contributed by atoms with Crippen molar-refractivity contribution in [3.63, 3.8) is 0 Å². The Labute approximate surface area is 61.7 Å². The predicted molar refractivity (Wildman–Crippen MR) is 42.0 cm³/mol. The Morgan fingerprint density at radius 3 is 2.70 bits per heavy atom. The first kappa shape index (κ1) is 9.50. The third kappa shape index (κ3) is 5.63. The fourth-order valence-electron chi connectivity index (χ4n) is 0.305. The molecule has 56 valence electrons. The Balaban J connectivity index is 3.24. The van der Waals surface area contributed by atoms with Crippen molar-refractivity contribution in [2.75, 3.05) is 13.2 Å². The largest absolute Gasteiger partial charge is 0.613 e. The van der Waals surface area contributed by atoms with E-state index in [9.17, 15) is 4.57 Å². The highest BCUT2D eigenvalue weighted by Gasteiger charge is 2.13. The Kier molecular flexibility index (Phi) is 6.29. The van der Waals surface area contributed by atoms with Crippen LogP contribution in [0.3, 0.4) is 0 Å². The van der Waals surface area contributed by atoms with Crippen molar-refractivity contribution in [2.24, 2.45) is 0 Å². The van der Waals surface area contributed by atoms with Crippen molar-refractivity contribution >= 4 is 8.18 Å². The maximum Gasteiger partial charge on any atom is 0.613 e. The number of hydrogen-bond acceptors (Lipinski definition) is 2. The Bertz CT molecular complexity index is 122. The third-order valence-electron chi connectivity index (χ3n) is 0.674. The quantitative estimate of drug-likeness (QED) is 0.474. The van der Waals surface area contributed by atoms with E-state index >= 15 is 0 Å². The lowest BCUT2D eigenvalue weighted by atomic mass is 10.7. The zero-order valence-corrected chi connectivity index (χ0v) is 6.64. The van der Waals surface area contributed by atoms with Crippen LogP contribution in [0.2, 0.25) is 0 Å². The first-order valence-electron chi connectivity index (χ1n) is 2.86. The molecule has 0 aromatic carbocycles. The van der Waals surface area contributed by atoms with Crippen molar-refractivity contribution in [2.45, 2.75) is 0 Å². The van der Waals surface area contributed by atoms with E-state index in [2.05, 4.69) is 18.2 Å². The van der Waals surface area contributed by atoms with Gasteiger partial charge in [-0.15, -0.1) is 17.7 Å². The van der Waals surface area contributed by atoms with E-state index in [1.807, 2.05) is 0 Å². The van der Waals surface area contributed by atoms with E-state index < -0.39 is 8.18 Å². The predicted octanol–water partition coefficient (Wildman–Crippen LogP) is 1.62. The molecule has 0 aromatic heterocycles. The zero-order chi connectivity index (χ0) is 7.82. The van der Waals surface area contributed by atoms with E-state index in [4.69, 9.17) is 4.52 Å². The molecule has 0 aliphatic rings. The van der Waals surface area contributed by atoms with Crippen LogP contribution in [0.4, 0.5) is 0 Å². The summed E-state index contributed by atoms with van der Waals surface area (Å²) in [4.78, 5) is 0. The molecule has 0 heterocycles. The number of rotatable bonds is 6. The highest BCUT2D eigenvalue weighted by atomic mass is 31.1. The molecule has 1 unspecified atom stereocenters. The summed E-state index contributed by atoms with van der Waals surface area (Å²) in [5.74, 6) is 0. The molecule has 0 fully saturated rings. The minimum atomic E-state index is -1.73. The summed E-state index contributed by atoms with van der Waals surface area (Å²) >= 11 is 0. The molecule has 0 aromatic rings. The molecule has 3 nitrogen and oxygen atoms in total. The molecule has 10 heavy (non-hydrogen) atoms. The average Bonchev–Trinajstić information content (AvgIpc) is 1.97. The van der Waals surface area contributed by atoms with Crippen LogP contribution in [-0.4, -0.2) is 13.2 Å². The minimum absolute atomic E-state index is 0.305. The van der Waals surface area contributed by atoms with Gasteiger partial charge in [0.15, 0.2) is 0 Å². The first-order valence-corrected chi connectivity index (χ1v) is 4.04. The van der Waals surface area contributed by atoms with Gasteiger partial charge in [0.1, 0.15) is 6.61 Å². The van der Waals surface area contributed by atoms with Gasteiger partial charge in [-0.3, -0.25) is 0 Å². The lowest BCUT2D eigenvalue weighted by molar-refractivity contribution is 0.364. The summed E-state index contributed by atoms with van der Waals surface area (Å²) in [7, 11) is -1.73. The molecular formula is C6H11NO2P+. The lowest BCUT2D eigenvalue weighted by Crippen LogP contribution is -2.03. The molecule has 0 amide bonds. The summed E-state index contributed by atoms with van der Waals surface area (Å²) in [6, 6.07) is 0. The van der Waals surface area contributed by atoms with Gasteiger partial charge in [0.2, 0.25) is 0 Å². The van der Waals surface area contributed by atoms with Crippen molar-refractivity contribution in [3.8, 4) is 0 Å². The lowest BCUT2D eigenvalue weighted by Gasteiger charge is -1.83. The monoisotopic (exact) mass is 160 g/mol. The highest BCUT2D eigenvalue weighted by molar-refractivity contribution is 7.36. The van der Waals surface area contributed by atoms with E-state index in [1.54, 1.807) is 12.2 Å². The van der Waals surface area contributed by atoms with Crippen molar-refractivity contribution in [1.29, 1.82) is 0 Å². The smallest absolute Gasteiger partial charge is 0.126 e. The topological polar surface area (TPSA) is 38.3 Å². The van der Waals surface area contributed by atoms with Crippen LogP contribution in [0, 0.1) is 0 Å². The fraction of sp³-hybridized carbons (Fsp3) is 0.333. The van der Waals surface area contributed by atoms with E-state index in [0.29, 0.717) is 13.2 Å². The van der Waals surface area contributed by atoms with Gasteiger partial charge in [-0.05, 0) is 4.57 Å². The maximum absolute atomic E-state index is 10.7. The maximum atomic E-state index is 10.7. The molecule has 0 spiro atoms. The average molecular weight is 160 g/mol. The van der Waals surface area contributed by atoms with Crippen LogP contribution in [-0.2, 0) is 9.09 Å². The summed E-state index contributed by atoms with van der Waals surface area (Å²) in [5, 5.41) is 2.59. The van der Waals surface area contributed by atoms with Gasteiger partial charge < -0.3 is 0 Å². The second-order valence-corrected chi connectivity index (χ2v) is 2.58. The summed E-state index contributed by atoms with van der Waals surface area (Å²) in [6.07, 6.45) is 3.16. The van der Waals surface area contributed by atoms with Gasteiger partial charge >= 0.3 is 8.18 Å². The fourth-order valence-corrected chi connectivity index (χ4v) is 0.915. The van der Waals surface area contributed by atoms with Crippen LogP contribution in [0.15, 0.2) is 25.3 Å². The normalized spacial score (nSPS) is 10.6. The molecule has 0 radical (unpaired) electrons. The first-order chi connectivity index (χ1) is 4.81. The summed E-state index contributed by atoms with van der Waals surface area (Å²) < 4.78 is 15.4. The highest BCUT2D eigenvalue weighted by Crippen LogP contribution is 2.14. The molecule has 0 bridgehead atoms. The minimum Gasteiger partial charge on any atom is -0.126 e. The molecule has 0 saturated heterocycles. The van der Waals surface area contributed by atoms with Gasteiger partial charge in [-0.2, -0.15) is 0 Å². The van der Waals surface area contributed by atoms with Gasteiger partial charge in [0.05, 0.1) is 6.54 Å². The standard InChI is InChI=1S/C6H11NO2P/c1-3-5-7-10(8)9-6-4-2/h3-4H,1-2,5-6H2,(H,7,8)/q+1. The second-order valence-electron chi connectivity index (χ2n) is 1.49. The Hall–Kier alpha value is -0.500. The third-order valence-corrected chi connectivity index (χ3v) is 1.50. The second kappa shape index (κ2) is 6.62. The number of hydrogen-bond donors (Lipinski definition) is 1. The summed E-state index contributed by atoms with van der Waals surface area (Å²) in [6.45, 7) is 7.65. The van der Waals surface area contributed by atoms with E-state index in [1.165, 1.54) is 0 Å². The zero-order valence-electron chi connectivity index (χ0n) is 5.75. The van der Waals surface area contributed by atoms with E-state index in [-0.39, 0.29) is 0 Å². The SMILES string of the molecule is C=CCN[P+](=O)OCC=C.